The fourth-order valence-electron chi connectivity index (χ4n) is 2.60. The number of anilines is 1. The number of carbonyl (C=O) groups excluding carboxylic acids is 1. The second kappa shape index (κ2) is 6.07. The Balaban J connectivity index is 2.26. The Labute approximate surface area is 123 Å². The minimum Gasteiger partial charge on any atom is -0.372 e. The molecule has 0 saturated carbocycles. The van der Waals surface area contributed by atoms with E-state index in [1.165, 1.54) is 6.07 Å². The van der Waals surface area contributed by atoms with E-state index in [1.807, 2.05) is 0 Å². The van der Waals surface area contributed by atoms with Crippen molar-refractivity contribution in [2.75, 3.05) is 25.5 Å². The molecule has 0 aromatic carbocycles. The first-order chi connectivity index (χ1) is 9.93. The van der Waals surface area contributed by atoms with Gasteiger partial charge in [0.1, 0.15) is 12.0 Å². The number of pyridine rings is 1. The number of amides is 1. The van der Waals surface area contributed by atoms with E-state index >= 15 is 0 Å². The normalized spacial score (nSPS) is 18.1. The predicted molar refractivity (Wildman–Crippen MR) is 79.3 cm³/mol. The first kappa shape index (κ1) is 15.2. The van der Waals surface area contributed by atoms with Crippen molar-refractivity contribution in [1.82, 2.24) is 9.88 Å². The zero-order valence-electron chi connectivity index (χ0n) is 12.5. The summed E-state index contributed by atoms with van der Waals surface area (Å²) in [7, 11) is 1.64. The van der Waals surface area contributed by atoms with Crippen LogP contribution in [0.4, 0.5) is 11.5 Å². The van der Waals surface area contributed by atoms with Crippen molar-refractivity contribution in [2.24, 2.45) is 11.8 Å². The highest BCUT2D eigenvalue weighted by molar-refractivity contribution is 5.99. The molecule has 1 amide bonds. The van der Waals surface area contributed by atoms with Crippen molar-refractivity contribution in [1.29, 1.82) is 0 Å². The number of nitrogens with one attached hydrogen (secondary N) is 1. The van der Waals surface area contributed by atoms with Gasteiger partial charge in [0.2, 0.25) is 0 Å². The van der Waals surface area contributed by atoms with Crippen LogP contribution in [0.1, 0.15) is 30.6 Å². The highest BCUT2D eigenvalue weighted by Crippen LogP contribution is 2.27. The molecular formula is C14H20N4O3. The van der Waals surface area contributed by atoms with Crippen LogP contribution in [0.5, 0.6) is 0 Å². The minimum absolute atomic E-state index is 0.169. The lowest BCUT2D eigenvalue weighted by Gasteiger charge is -2.19. The Morgan fingerprint density at radius 3 is 2.81 bits per heavy atom. The lowest BCUT2D eigenvalue weighted by molar-refractivity contribution is -0.385. The third kappa shape index (κ3) is 3.12. The van der Waals surface area contributed by atoms with Crippen LogP contribution in [0.15, 0.2) is 12.3 Å². The quantitative estimate of drug-likeness (QED) is 0.678. The van der Waals surface area contributed by atoms with E-state index < -0.39 is 4.92 Å². The summed E-state index contributed by atoms with van der Waals surface area (Å²) in [4.78, 5) is 28.6. The Morgan fingerprint density at radius 1 is 1.57 bits per heavy atom. The Bertz CT molecular complexity index is 559. The molecule has 1 aromatic rings. The third-order valence-electron chi connectivity index (χ3n) is 4.01. The average molecular weight is 292 g/mol. The van der Waals surface area contributed by atoms with Gasteiger partial charge in [-0.1, -0.05) is 13.8 Å². The van der Waals surface area contributed by atoms with Gasteiger partial charge < -0.3 is 10.2 Å². The van der Waals surface area contributed by atoms with E-state index in [0.717, 1.165) is 12.6 Å². The molecule has 1 atom stereocenters. The number of nitrogens with zero attached hydrogens (tertiary/aromatic N) is 3. The predicted octanol–water partition coefficient (Wildman–Crippen LogP) is 2.15. The van der Waals surface area contributed by atoms with Crippen molar-refractivity contribution in [3.05, 3.63) is 27.9 Å². The molecule has 2 heterocycles. The van der Waals surface area contributed by atoms with E-state index in [-0.39, 0.29) is 17.2 Å². The van der Waals surface area contributed by atoms with Crippen molar-refractivity contribution in [2.45, 2.75) is 20.3 Å². The smallest absolute Gasteiger partial charge is 0.288 e. The highest BCUT2D eigenvalue weighted by atomic mass is 16.6. The van der Waals surface area contributed by atoms with E-state index in [4.69, 9.17) is 0 Å². The number of carbonyl (C=O) groups is 1. The Morgan fingerprint density at radius 2 is 2.29 bits per heavy atom. The maximum absolute atomic E-state index is 12.6. The van der Waals surface area contributed by atoms with E-state index in [9.17, 15) is 14.9 Å². The van der Waals surface area contributed by atoms with E-state index in [1.54, 1.807) is 11.9 Å². The van der Waals surface area contributed by atoms with Gasteiger partial charge in [0, 0.05) is 26.2 Å². The molecule has 0 radical (unpaired) electrons. The van der Waals surface area contributed by atoms with Gasteiger partial charge >= 0.3 is 0 Å². The molecule has 1 saturated heterocycles. The molecular weight excluding hydrogens is 272 g/mol. The van der Waals surface area contributed by atoms with Gasteiger partial charge in [-0.15, -0.1) is 0 Å². The van der Waals surface area contributed by atoms with Crippen molar-refractivity contribution in [3.63, 3.8) is 0 Å². The van der Waals surface area contributed by atoms with E-state index in [0.29, 0.717) is 30.7 Å². The summed E-state index contributed by atoms with van der Waals surface area (Å²) in [6, 6.07) is 1.30. The topological polar surface area (TPSA) is 88.4 Å². The van der Waals surface area contributed by atoms with Crippen molar-refractivity contribution < 1.29 is 9.72 Å². The molecule has 114 valence electrons. The van der Waals surface area contributed by atoms with Gasteiger partial charge in [-0.25, -0.2) is 4.98 Å². The Kier molecular flexibility index (Phi) is 4.40. The number of hydrogen-bond acceptors (Lipinski definition) is 5. The van der Waals surface area contributed by atoms with Gasteiger partial charge in [0.05, 0.1) is 10.5 Å². The summed E-state index contributed by atoms with van der Waals surface area (Å²) in [5, 5.41) is 13.7. The minimum atomic E-state index is -0.538. The molecule has 1 N–H and O–H groups in total. The molecule has 1 unspecified atom stereocenters. The fourth-order valence-corrected chi connectivity index (χ4v) is 2.60. The molecule has 7 nitrogen and oxygen atoms in total. The number of nitro groups is 1. The van der Waals surface area contributed by atoms with Gasteiger partial charge in [0.15, 0.2) is 0 Å². The molecule has 1 aliphatic heterocycles. The first-order valence-corrected chi connectivity index (χ1v) is 7.05. The van der Waals surface area contributed by atoms with Gasteiger partial charge in [-0.3, -0.25) is 14.9 Å². The van der Waals surface area contributed by atoms with Gasteiger partial charge in [0.25, 0.3) is 11.6 Å². The van der Waals surface area contributed by atoms with Crippen LogP contribution in [-0.4, -0.2) is 40.9 Å². The average Bonchev–Trinajstić information content (AvgIpc) is 2.95. The fraction of sp³-hybridized carbons (Fsp3) is 0.571. The van der Waals surface area contributed by atoms with Crippen molar-refractivity contribution in [3.8, 4) is 0 Å². The van der Waals surface area contributed by atoms with Crippen LogP contribution in [0.2, 0.25) is 0 Å². The number of likely N-dealkylation sites (tertiary alicyclic amines) is 1. The molecule has 1 fully saturated rings. The summed E-state index contributed by atoms with van der Waals surface area (Å²) in [5.41, 5.74) is 0.0908. The summed E-state index contributed by atoms with van der Waals surface area (Å²) in [6.07, 6.45) is 2.13. The molecule has 1 aliphatic rings. The van der Waals surface area contributed by atoms with Gasteiger partial charge in [-0.05, 0) is 18.3 Å². The molecule has 21 heavy (non-hydrogen) atoms. The third-order valence-corrected chi connectivity index (χ3v) is 4.01. The van der Waals surface area contributed by atoms with Crippen LogP contribution in [-0.2, 0) is 0 Å². The van der Waals surface area contributed by atoms with Gasteiger partial charge in [-0.2, -0.15) is 0 Å². The molecule has 0 bridgehead atoms. The van der Waals surface area contributed by atoms with Crippen LogP contribution in [0, 0.1) is 22.0 Å². The first-order valence-electron chi connectivity index (χ1n) is 7.05. The maximum atomic E-state index is 12.6. The van der Waals surface area contributed by atoms with Crippen LogP contribution < -0.4 is 5.32 Å². The van der Waals surface area contributed by atoms with Crippen molar-refractivity contribution >= 4 is 17.4 Å². The standard InChI is InChI=1S/C14H20N4O3/c1-9(2)10-4-5-17(8-10)14(19)12-6-11(18(20)21)7-16-13(12)15-3/h6-7,9-10H,4-5,8H2,1-3H3,(H,15,16). The summed E-state index contributed by atoms with van der Waals surface area (Å²) in [5.74, 6) is 1.19. The molecule has 2 rings (SSSR count). The van der Waals surface area contributed by atoms with Crippen LogP contribution >= 0.6 is 0 Å². The second-order valence-electron chi connectivity index (χ2n) is 5.64. The zero-order chi connectivity index (χ0) is 15.6. The highest BCUT2D eigenvalue weighted by Gasteiger charge is 2.30. The lowest BCUT2D eigenvalue weighted by Crippen LogP contribution is -2.30. The lowest BCUT2D eigenvalue weighted by atomic mass is 9.95. The van der Waals surface area contributed by atoms with E-state index in [2.05, 4.69) is 24.1 Å². The Hall–Kier alpha value is -2.18. The number of rotatable bonds is 4. The zero-order valence-corrected chi connectivity index (χ0v) is 12.5. The summed E-state index contributed by atoms with van der Waals surface area (Å²) >= 11 is 0. The molecule has 7 heteroatoms. The monoisotopic (exact) mass is 292 g/mol. The number of aromatic nitrogens is 1. The summed E-state index contributed by atoms with van der Waals surface area (Å²) in [6.45, 7) is 5.68. The largest absolute Gasteiger partial charge is 0.372 e. The SMILES string of the molecule is CNc1ncc([N+](=O)[O-])cc1C(=O)N1CCC(C(C)C)C1. The second-order valence-corrected chi connectivity index (χ2v) is 5.64. The maximum Gasteiger partial charge on any atom is 0.288 e. The van der Waals surface area contributed by atoms with Crippen LogP contribution in [0.3, 0.4) is 0 Å². The van der Waals surface area contributed by atoms with Crippen LogP contribution in [0.25, 0.3) is 0 Å². The molecule has 0 spiro atoms. The number of hydrogen-bond donors (Lipinski definition) is 1. The molecule has 0 aliphatic carbocycles. The molecule has 1 aromatic heterocycles. The summed E-state index contributed by atoms with van der Waals surface area (Å²) < 4.78 is 0.